The topological polar surface area (TPSA) is 67.4 Å². The average Bonchev–Trinajstić information content (AvgIpc) is 3.01. The van der Waals surface area contributed by atoms with Crippen LogP contribution in [0.2, 0.25) is 5.02 Å². The lowest BCUT2D eigenvalue weighted by Gasteiger charge is -2.13. The second-order valence-electron chi connectivity index (χ2n) is 5.44. The SMILES string of the molecule is C=CC(=O)Nc1cc(NC(=O)C2Cc3cc(Cl)ccc3O2)ccc1F. The first-order chi connectivity index (χ1) is 12.0. The molecule has 5 nitrogen and oxygen atoms in total. The minimum absolute atomic E-state index is 0.0508. The molecule has 0 bridgehead atoms. The lowest BCUT2D eigenvalue weighted by molar-refractivity contribution is -0.122. The van der Waals surface area contributed by atoms with Crippen molar-refractivity contribution >= 4 is 34.8 Å². The summed E-state index contributed by atoms with van der Waals surface area (Å²) < 4.78 is 19.3. The molecule has 2 aromatic rings. The van der Waals surface area contributed by atoms with Crippen molar-refractivity contribution in [2.45, 2.75) is 12.5 Å². The first-order valence-electron chi connectivity index (χ1n) is 7.45. The van der Waals surface area contributed by atoms with Gasteiger partial charge < -0.3 is 15.4 Å². The fourth-order valence-corrected chi connectivity index (χ4v) is 2.66. The van der Waals surface area contributed by atoms with Crippen molar-refractivity contribution in [3.05, 3.63) is 65.5 Å². The minimum atomic E-state index is -0.704. The van der Waals surface area contributed by atoms with Crippen molar-refractivity contribution in [3.8, 4) is 5.75 Å². The van der Waals surface area contributed by atoms with Gasteiger partial charge in [0, 0.05) is 17.1 Å². The molecule has 128 valence electrons. The molecule has 0 aromatic heterocycles. The van der Waals surface area contributed by atoms with Gasteiger partial charge in [0.25, 0.3) is 5.91 Å². The molecule has 3 rings (SSSR count). The van der Waals surface area contributed by atoms with E-state index in [-0.39, 0.29) is 11.6 Å². The molecule has 0 aliphatic carbocycles. The molecule has 0 saturated carbocycles. The summed E-state index contributed by atoms with van der Waals surface area (Å²) in [5.74, 6) is -0.927. The third-order valence-corrected chi connectivity index (χ3v) is 3.90. The minimum Gasteiger partial charge on any atom is -0.480 e. The molecule has 25 heavy (non-hydrogen) atoms. The van der Waals surface area contributed by atoms with Crippen LogP contribution in [-0.4, -0.2) is 17.9 Å². The first-order valence-corrected chi connectivity index (χ1v) is 7.83. The average molecular weight is 361 g/mol. The summed E-state index contributed by atoms with van der Waals surface area (Å²) in [6.07, 6.45) is 0.715. The maximum atomic E-state index is 13.7. The van der Waals surface area contributed by atoms with Crippen molar-refractivity contribution < 1.29 is 18.7 Å². The lowest BCUT2D eigenvalue weighted by atomic mass is 10.1. The third-order valence-electron chi connectivity index (χ3n) is 3.67. The van der Waals surface area contributed by atoms with Gasteiger partial charge >= 0.3 is 0 Å². The van der Waals surface area contributed by atoms with Crippen molar-refractivity contribution in [3.63, 3.8) is 0 Å². The van der Waals surface area contributed by atoms with Crippen LogP contribution in [0, 0.1) is 5.82 Å². The van der Waals surface area contributed by atoms with Crippen LogP contribution in [0.5, 0.6) is 5.75 Å². The van der Waals surface area contributed by atoms with E-state index in [1.165, 1.54) is 12.1 Å². The van der Waals surface area contributed by atoms with E-state index in [1.807, 2.05) is 0 Å². The molecule has 2 amide bonds. The molecule has 0 radical (unpaired) electrons. The molecule has 0 fully saturated rings. The monoisotopic (exact) mass is 360 g/mol. The number of benzene rings is 2. The van der Waals surface area contributed by atoms with Gasteiger partial charge in [0.2, 0.25) is 5.91 Å². The van der Waals surface area contributed by atoms with Crippen molar-refractivity contribution in [1.82, 2.24) is 0 Å². The van der Waals surface area contributed by atoms with E-state index < -0.39 is 17.8 Å². The highest BCUT2D eigenvalue weighted by Gasteiger charge is 2.29. The molecule has 0 saturated heterocycles. The van der Waals surface area contributed by atoms with Gasteiger partial charge in [-0.3, -0.25) is 9.59 Å². The number of ether oxygens (including phenoxy) is 1. The van der Waals surface area contributed by atoms with Crippen LogP contribution in [0.15, 0.2) is 49.1 Å². The number of rotatable bonds is 4. The normalized spacial score (nSPS) is 15.0. The summed E-state index contributed by atoms with van der Waals surface area (Å²) in [4.78, 5) is 23.7. The fourth-order valence-electron chi connectivity index (χ4n) is 2.47. The van der Waals surface area contributed by atoms with Crippen molar-refractivity contribution in [2.24, 2.45) is 0 Å². The highest BCUT2D eigenvalue weighted by molar-refractivity contribution is 6.30. The van der Waals surface area contributed by atoms with E-state index in [1.54, 1.807) is 18.2 Å². The van der Waals surface area contributed by atoms with Gasteiger partial charge in [0.1, 0.15) is 11.6 Å². The zero-order chi connectivity index (χ0) is 18.0. The molecule has 2 aromatic carbocycles. The predicted octanol–water partition coefficient (Wildman–Crippen LogP) is 3.55. The quantitative estimate of drug-likeness (QED) is 0.819. The highest BCUT2D eigenvalue weighted by atomic mass is 35.5. The standard InChI is InChI=1S/C18H14ClFN2O3/c1-2-17(23)22-14-9-12(4-5-13(14)20)21-18(24)16-8-10-7-11(19)3-6-15(10)25-16/h2-7,9,16H,1,8H2,(H,21,24)(H,22,23). The van der Waals surface area contributed by atoms with E-state index in [0.717, 1.165) is 17.7 Å². The molecule has 1 heterocycles. The van der Waals surface area contributed by atoms with Crippen LogP contribution < -0.4 is 15.4 Å². The Morgan fingerprint density at radius 3 is 2.80 bits per heavy atom. The Morgan fingerprint density at radius 1 is 1.24 bits per heavy atom. The Morgan fingerprint density at radius 2 is 2.04 bits per heavy atom. The maximum Gasteiger partial charge on any atom is 0.265 e. The van der Waals surface area contributed by atoms with Gasteiger partial charge in [-0.25, -0.2) is 4.39 Å². The zero-order valence-electron chi connectivity index (χ0n) is 13.0. The highest BCUT2D eigenvalue weighted by Crippen LogP contribution is 2.31. The molecule has 1 aliphatic rings. The summed E-state index contributed by atoms with van der Waals surface area (Å²) in [5, 5.41) is 5.56. The molecule has 2 N–H and O–H groups in total. The van der Waals surface area contributed by atoms with Crippen LogP contribution in [0.25, 0.3) is 0 Å². The predicted molar refractivity (Wildman–Crippen MR) is 93.4 cm³/mol. The molecule has 7 heteroatoms. The second kappa shape index (κ2) is 6.94. The van der Waals surface area contributed by atoms with Crippen molar-refractivity contribution in [1.29, 1.82) is 0 Å². The molecule has 0 spiro atoms. The zero-order valence-corrected chi connectivity index (χ0v) is 13.8. The van der Waals surface area contributed by atoms with E-state index in [9.17, 15) is 14.0 Å². The molecule has 1 unspecified atom stereocenters. The molecule has 1 atom stereocenters. The van der Waals surface area contributed by atoms with Gasteiger partial charge in [-0.2, -0.15) is 0 Å². The van der Waals surface area contributed by atoms with E-state index in [2.05, 4.69) is 17.2 Å². The van der Waals surface area contributed by atoms with Crippen LogP contribution in [0.3, 0.4) is 0 Å². The van der Waals surface area contributed by atoms with Crippen molar-refractivity contribution in [2.75, 3.05) is 10.6 Å². The Bertz CT molecular complexity index is 869. The molecular weight excluding hydrogens is 347 g/mol. The first kappa shape index (κ1) is 17.0. The number of carbonyl (C=O) groups is 2. The number of halogens is 2. The van der Waals surface area contributed by atoms with E-state index >= 15 is 0 Å². The lowest BCUT2D eigenvalue weighted by Crippen LogP contribution is -2.31. The number of hydrogen-bond acceptors (Lipinski definition) is 3. The summed E-state index contributed by atoms with van der Waals surface area (Å²) in [5.41, 5.74) is 1.14. The smallest absolute Gasteiger partial charge is 0.265 e. The summed E-state index contributed by atoms with van der Waals surface area (Å²) in [6.45, 7) is 3.31. The Kier molecular flexibility index (Phi) is 4.72. The number of anilines is 2. The van der Waals surface area contributed by atoms with Crippen LogP contribution >= 0.6 is 11.6 Å². The largest absolute Gasteiger partial charge is 0.480 e. The van der Waals surface area contributed by atoms with Gasteiger partial charge in [0.05, 0.1) is 5.69 Å². The third kappa shape index (κ3) is 3.80. The van der Waals surface area contributed by atoms with Gasteiger partial charge in [-0.1, -0.05) is 18.2 Å². The van der Waals surface area contributed by atoms with Crippen LogP contribution in [-0.2, 0) is 16.0 Å². The van der Waals surface area contributed by atoms with E-state index in [4.69, 9.17) is 16.3 Å². The Hall–Kier alpha value is -2.86. The Labute approximate surface area is 148 Å². The molecular formula is C18H14ClFN2O3. The van der Waals surface area contributed by atoms with Gasteiger partial charge in [-0.15, -0.1) is 0 Å². The number of fused-ring (bicyclic) bond motifs is 1. The fraction of sp³-hybridized carbons (Fsp3) is 0.111. The number of hydrogen-bond donors (Lipinski definition) is 2. The molecule has 1 aliphatic heterocycles. The second-order valence-corrected chi connectivity index (χ2v) is 5.88. The van der Waals surface area contributed by atoms with Crippen LogP contribution in [0.1, 0.15) is 5.56 Å². The number of amides is 2. The summed E-state index contributed by atoms with van der Waals surface area (Å²) in [7, 11) is 0. The van der Waals surface area contributed by atoms with Gasteiger partial charge in [0.15, 0.2) is 6.10 Å². The Balaban J connectivity index is 1.70. The van der Waals surface area contributed by atoms with Crippen LogP contribution in [0.4, 0.5) is 15.8 Å². The number of nitrogens with one attached hydrogen (secondary N) is 2. The summed E-state index contributed by atoms with van der Waals surface area (Å²) in [6, 6.07) is 9.04. The number of carbonyl (C=O) groups excluding carboxylic acids is 2. The van der Waals surface area contributed by atoms with E-state index in [0.29, 0.717) is 22.9 Å². The van der Waals surface area contributed by atoms with Gasteiger partial charge in [-0.05, 0) is 48.0 Å². The summed E-state index contributed by atoms with van der Waals surface area (Å²) >= 11 is 5.93. The maximum absolute atomic E-state index is 13.7.